The molecule has 64 heavy (non-hydrogen) atoms. The zero-order valence-corrected chi connectivity index (χ0v) is 35.0. The second-order valence-corrected chi connectivity index (χ2v) is 16.4. The summed E-state index contributed by atoms with van der Waals surface area (Å²) < 4.78 is 34.7. The predicted octanol–water partition coefficient (Wildman–Crippen LogP) is -1.67. The van der Waals surface area contributed by atoms with Gasteiger partial charge in [0, 0.05) is 11.6 Å². The number of aromatic hydroxyl groups is 3. The molecule has 3 fully saturated rings. The minimum Gasteiger partial charge on any atom is -0.508 e. The van der Waals surface area contributed by atoms with Gasteiger partial charge in [0.15, 0.2) is 17.6 Å². The number of allylic oxidation sites excluding steroid dienone is 4. The fourth-order valence-electron chi connectivity index (χ4n) is 7.88. The van der Waals surface area contributed by atoms with Crippen molar-refractivity contribution in [3.63, 3.8) is 0 Å². The summed E-state index contributed by atoms with van der Waals surface area (Å²) in [7, 11) is 0. The van der Waals surface area contributed by atoms with E-state index in [1.807, 2.05) is 26.8 Å². The summed E-state index contributed by atoms with van der Waals surface area (Å²) in [5.74, 6) is -3.20. The van der Waals surface area contributed by atoms with Gasteiger partial charge in [-0.2, -0.15) is 0 Å². The van der Waals surface area contributed by atoms with Gasteiger partial charge >= 0.3 is 0 Å². The summed E-state index contributed by atoms with van der Waals surface area (Å²) in [6, 6.07) is 4.71. The van der Waals surface area contributed by atoms with Crippen LogP contribution in [0.2, 0.25) is 0 Å². The Morgan fingerprint density at radius 3 is 1.92 bits per heavy atom. The Labute approximate surface area is 365 Å². The van der Waals surface area contributed by atoms with Gasteiger partial charge in [0.05, 0.1) is 25.4 Å². The third-order valence-electron chi connectivity index (χ3n) is 11.6. The van der Waals surface area contributed by atoms with E-state index in [9.17, 15) is 76.3 Å². The molecule has 15 unspecified atom stereocenters. The molecule has 0 aliphatic carbocycles. The first-order chi connectivity index (χ1) is 30.3. The zero-order chi connectivity index (χ0) is 46.9. The Bertz CT molecular complexity index is 2210. The number of aliphatic hydroxyl groups is 11. The lowest BCUT2D eigenvalue weighted by Gasteiger charge is -2.45. The standard InChI is InChI=1S/C43H56O21/c1-16(2)5-4-6-17(3)7-8-18-11-19(9-10-20(18)47)37-41(30(52)26-21(48)12-22(49)27(39(26)62-37)40-33(55)31(53)28(50)23(13-44)59-40)64-43-36(58)34(56)38(25(15-46)61-43)63-42-35(57)32(54)29(51)24(14-45)60-42/h5,7,9-12,23-25,28-29,31-36,38,40,42-51,53-58H,4,6,8,13-15H2,1-3H3. The van der Waals surface area contributed by atoms with Crippen LogP contribution in [0.4, 0.5) is 0 Å². The molecule has 21 nitrogen and oxygen atoms in total. The zero-order valence-electron chi connectivity index (χ0n) is 35.0. The average molecular weight is 909 g/mol. The van der Waals surface area contributed by atoms with Gasteiger partial charge in [-0.3, -0.25) is 4.79 Å². The highest BCUT2D eigenvalue weighted by Crippen LogP contribution is 2.46. The predicted molar refractivity (Wildman–Crippen MR) is 219 cm³/mol. The molecule has 1 aromatic heterocycles. The van der Waals surface area contributed by atoms with Gasteiger partial charge in [-0.05, 0) is 63.8 Å². The van der Waals surface area contributed by atoms with Gasteiger partial charge in [-0.25, -0.2) is 0 Å². The molecular weight excluding hydrogens is 852 g/mol. The number of fused-ring (bicyclic) bond motifs is 1. The molecule has 3 aliphatic heterocycles. The van der Waals surface area contributed by atoms with Crippen LogP contribution in [0.15, 0.2) is 56.8 Å². The number of phenolic OH excluding ortho intramolecular Hbond substituents is 3. The van der Waals surface area contributed by atoms with E-state index in [4.69, 9.17) is 28.1 Å². The SMILES string of the molecule is CC(C)=CCCC(C)=CCc1cc(-c2oc3c(C4OC(CO)C(O)C(O)C4O)c(O)cc(O)c3c(=O)c2OC2OC(CO)C(OC3OC(CO)C(O)C(O)C3O)C(O)C2O)ccc1O. The van der Waals surface area contributed by atoms with Crippen LogP contribution in [0.1, 0.15) is 50.8 Å². The maximum absolute atomic E-state index is 14.7. The van der Waals surface area contributed by atoms with Crippen molar-refractivity contribution in [3.8, 4) is 34.3 Å². The highest BCUT2D eigenvalue weighted by Gasteiger charge is 2.52. The lowest BCUT2D eigenvalue weighted by molar-refractivity contribution is -0.352. The minimum atomic E-state index is -2.16. The van der Waals surface area contributed by atoms with Crippen molar-refractivity contribution in [1.29, 1.82) is 0 Å². The topological polar surface area (TPSA) is 360 Å². The van der Waals surface area contributed by atoms with E-state index in [1.165, 1.54) is 18.2 Å². The number of hydrogen-bond acceptors (Lipinski definition) is 21. The Balaban J connectivity index is 1.45. The third kappa shape index (κ3) is 9.79. The van der Waals surface area contributed by atoms with Crippen LogP contribution in [-0.2, 0) is 25.4 Å². The molecule has 0 radical (unpaired) electrons. The molecule has 14 N–H and O–H groups in total. The van der Waals surface area contributed by atoms with E-state index < -0.39 is 157 Å². The molecule has 0 saturated carbocycles. The Morgan fingerprint density at radius 2 is 1.28 bits per heavy atom. The van der Waals surface area contributed by atoms with E-state index in [-0.39, 0.29) is 17.7 Å². The number of phenols is 3. The van der Waals surface area contributed by atoms with Gasteiger partial charge in [0.25, 0.3) is 0 Å². The molecule has 15 atom stereocenters. The van der Waals surface area contributed by atoms with Gasteiger partial charge in [-0.15, -0.1) is 0 Å². The fraction of sp³-hybridized carbons (Fsp3) is 0.558. The van der Waals surface area contributed by atoms with Crippen molar-refractivity contribution in [2.75, 3.05) is 19.8 Å². The second-order valence-electron chi connectivity index (χ2n) is 16.4. The summed E-state index contributed by atoms with van der Waals surface area (Å²) in [5, 5.41) is 148. The van der Waals surface area contributed by atoms with Crippen LogP contribution in [0, 0.1) is 0 Å². The summed E-state index contributed by atoms with van der Waals surface area (Å²) >= 11 is 0. The lowest BCUT2D eigenvalue weighted by Crippen LogP contribution is -2.65. The molecule has 6 rings (SSSR count). The molecule has 3 saturated heterocycles. The van der Waals surface area contributed by atoms with Crippen molar-refractivity contribution < 1.29 is 99.6 Å². The number of hydrogen-bond donors (Lipinski definition) is 14. The molecule has 2 aromatic carbocycles. The first kappa shape index (κ1) is 49.2. The number of aliphatic hydroxyl groups excluding tert-OH is 11. The Morgan fingerprint density at radius 1 is 0.672 bits per heavy atom. The third-order valence-corrected chi connectivity index (χ3v) is 11.6. The van der Waals surface area contributed by atoms with Gasteiger partial charge in [0.1, 0.15) is 102 Å². The van der Waals surface area contributed by atoms with Gasteiger partial charge < -0.3 is 99.6 Å². The molecule has 21 heteroatoms. The van der Waals surface area contributed by atoms with Crippen molar-refractivity contribution in [2.45, 2.75) is 132 Å². The van der Waals surface area contributed by atoms with E-state index >= 15 is 0 Å². The lowest BCUT2D eigenvalue weighted by atomic mass is 9.89. The summed E-state index contributed by atoms with van der Waals surface area (Å²) in [6.45, 7) is 3.24. The number of ether oxygens (including phenoxy) is 5. The van der Waals surface area contributed by atoms with Crippen LogP contribution >= 0.6 is 0 Å². The second kappa shape index (κ2) is 20.5. The highest BCUT2D eigenvalue weighted by molar-refractivity contribution is 5.91. The molecule has 0 amide bonds. The first-order valence-electron chi connectivity index (χ1n) is 20.6. The summed E-state index contributed by atoms with van der Waals surface area (Å²) in [6.07, 6.45) is -22.0. The van der Waals surface area contributed by atoms with Crippen LogP contribution in [-0.4, -0.2) is 177 Å². The van der Waals surface area contributed by atoms with Crippen LogP contribution in [0.25, 0.3) is 22.3 Å². The minimum absolute atomic E-state index is 0.00774. The quantitative estimate of drug-likeness (QED) is 0.0804. The van der Waals surface area contributed by atoms with Gasteiger partial charge in [0.2, 0.25) is 17.5 Å². The van der Waals surface area contributed by atoms with E-state index in [2.05, 4.69) is 6.08 Å². The van der Waals surface area contributed by atoms with Crippen LogP contribution in [0.3, 0.4) is 0 Å². The molecule has 0 bridgehead atoms. The van der Waals surface area contributed by atoms with E-state index in [0.717, 1.165) is 24.0 Å². The molecule has 3 aromatic rings. The van der Waals surface area contributed by atoms with Crippen molar-refractivity contribution in [2.24, 2.45) is 0 Å². The highest BCUT2D eigenvalue weighted by atomic mass is 16.7. The smallest absolute Gasteiger partial charge is 0.239 e. The van der Waals surface area contributed by atoms with Crippen molar-refractivity contribution in [3.05, 3.63) is 68.9 Å². The summed E-state index contributed by atoms with van der Waals surface area (Å²) in [5.41, 5.74) is 0.111. The van der Waals surface area contributed by atoms with Crippen LogP contribution < -0.4 is 10.2 Å². The molecule has 354 valence electrons. The van der Waals surface area contributed by atoms with Crippen LogP contribution in [0.5, 0.6) is 23.0 Å². The molecule has 4 heterocycles. The molecule has 0 spiro atoms. The largest absolute Gasteiger partial charge is 0.508 e. The van der Waals surface area contributed by atoms with E-state index in [1.54, 1.807) is 0 Å². The maximum Gasteiger partial charge on any atom is 0.239 e. The van der Waals surface area contributed by atoms with Crippen molar-refractivity contribution >= 4 is 11.0 Å². The fourth-order valence-corrected chi connectivity index (χ4v) is 7.88. The number of benzene rings is 2. The Hall–Kier alpha value is -4.27. The average Bonchev–Trinajstić information content (AvgIpc) is 3.26. The Kier molecular flexibility index (Phi) is 15.7. The monoisotopic (exact) mass is 908 g/mol. The first-order valence-corrected chi connectivity index (χ1v) is 20.6. The molecule has 3 aliphatic rings. The van der Waals surface area contributed by atoms with Gasteiger partial charge in [-0.1, -0.05) is 23.3 Å². The maximum atomic E-state index is 14.7. The number of rotatable bonds is 14. The molecular formula is C43H56O21. The van der Waals surface area contributed by atoms with Crippen molar-refractivity contribution in [1.82, 2.24) is 0 Å². The van der Waals surface area contributed by atoms with E-state index in [0.29, 0.717) is 11.6 Å². The summed E-state index contributed by atoms with van der Waals surface area (Å²) in [4.78, 5) is 14.7. The normalized spacial score (nSPS) is 33.6.